The summed E-state index contributed by atoms with van der Waals surface area (Å²) >= 11 is 0. The molecular weight excluding hydrogens is 466 g/mol. The molecule has 0 saturated carbocycles. The fourth-order valence-corrected chi connectivity index (χ4v) is 4.18. The molecule has 0 amide bonds. The number of anilines is 2. The molecule has 4 aromatic rings. The van der Waals surface area contributed by atoms with Crippen LogP contribution in [0.2, 0.25) is 0 Å². The van der Waals surface area contributed by atoms with E-state index in [-0.39, 0.29) is 24.0 Å². The fraction of sp³-hybridized carbons (Fsp3) is 0.138. The van der Waals surface area contributed by atoms with Crippen LogP contribution in [0.15, 0.2) is 85.1 Å². The molecule has 0 aliphatic heterocycles. The summed E-state index contributed by atoms with van der Waals surface area (Å²) in [5.74, 6) is -2.10. The minimum absolute atomic E-state index is 0.271. The van der Waals surface area contributed by atoms with E-state index in [0.29, 0.717) is 28.8 Å². The van der Waals surface area contributed by atoms with Crippen LogP contribution in [0.5, 0.6) is 0 Å². The number of benzene rings is 3. The Morgan fingerprint density at radius 3 is 2.33 bits per heavy atom. The quantitative estimate of drug-likeness (QED) is 0.250. The zero-order valence-electron chi connectivity index (χ0n) is 19.6. The smallest absolute Gasteiger partial charge is 0.126 e. The van der Waals surface area contributed by atoms with Crippen molar-refractivity contribution in [2.45, 2.75) is 25.7 Å². The molecule has 1 heterocycles. The summed E-state index contributed by atoms with van der Waals surface area (Å²) in [7, 11) is 0. The number of aromatic nitrogens is 1. The average Bonchev–Trinajstić information content (AvgIpc) is 2.81. The van der Waals surface area contributed by atoms with Gasteiger partial charge in [0, 0.05) is 23.2 Å². The molecule has 3 aromatic carbocycles. The van der Waals surface area contributed by atoms with Crippen LogP contribution in [0.4, 0.5) is 29.1 Å². The zero-order chi connectivity index (χ0) is 25.7. The second-order valence-electron chi connectivity index (χ2n) is 8.60. The van der Waals surface area contributed by atoms with E-state index in [1.807, 2.05) is 6.08 Å². The number of hydrogen-bond acceptors (Lipinski definition) is 3. The van der Waals surface area contributed by atoms with E-state index >= 15 is 0 Å². The summed E-state index contributed by atoms with van der Waals surface area (Å²) in [6.07, 6.45) is 4.30. The van der Waals surface area contributed by atoms with Crippen molar-refractivity contribution in [3.8, 4) is 11.1 Å². The van der Waals surface area contributed by atoms with E-state index in [2.05, 4.69) is 10.3 Å². The van der Waals surface area contributed by atoms with Gasteiger partial charge in [0.15, 0.2) is 0 Å². The van der Waals surface area contributed by atoms with Crippen molar-refractivity contribution in [3.05, 3.63) is 125 Å². The molecule has 36 heavy (non-hydrogen) atoms. The van der Waals surface area contributed by atoms with E-state index in [9.17, 15) is 17.6 Å². The van der Waals surface area contributed by atoms with Gasteiger partial charge in [-0.05, 0) is 97.3 Å². The highest BCUT2D eigenvalue weighted by atomic mass is 19.1. The molecule has 3 nitrogen and oxygen atoms in total. The third-order valence-electron chi connectivity index (χ3n) is 5.84. The third-order valence-corrected chi connectivity index (χ3v) is 5.84. The first-order valence-electron chi connectivity index (χ1n) is 11.4. The molecule has 7 heteroatoms. The largest absolute Gasteiger partial charge is 0.384 e. The Balaban J connectivity index is 1.68. The van der Waals surface area contributed by atoms with Gasteiger partial charge in [-0.25, -0.2) is 22.5 Å². The van der Waals surface area contributed by atoms with Crippen molar-refractivity contribution in [2.75, 3.05) is 11.1 Å². The Hall–Kier alpha value is -4.13. The molecule has 184 valence electrons. The van der Waals surface area contributed by atoms with Gasteiger partial charge in [0.1, 0.15) is 29.1 Å². The molecular formula is C29H25F4N3. The number of nitrogens with zero attached hydrogens (tertiary/aromatic N) is 1. The van der Waals surface area contributed by atoms with Crippen LogP contribution < -0.4 is 11.1 Å². The number of aryl methyl sites for hydroxylation is 1. The highest BCUT2D eigenvalue weighted by molar-refractivity contribution is 5.68. The lowest BCUT2D eigenvalue weighted by Gasteiger charge is -2.20. The van der Waals surface area contributed by atoms with Gasteiger partial charge in [0.05, 0.1) is 5.69 Å². The van der Waals surface area contributed by atoms with Gasteiger partial charge in [-0.3, -0.25) is 0 Å². The Labute approximate surface area is 207 Å². The molecule has 1 aromatic heterocycles. The van der Waals surface area contributed by atoms with Gasteiger partial charge in [0.25, 0.3) is 0 Å². The topological polar surface area (TPSA) is 50.9 Å². The number of rotatable bonds is 8. The minimum Gasteiger partial charge on any atom is -0.384 e. The molecule has 0 radical (unpaired) electrons. The van der Waals surface area contributed by atoms with Crippen molar-refractivity contribution in [2.24, 2.45) is 0 Å². The first kappa shape index (κ1) is 25.0. The average molecular weight is 492 g/mol. The van der Waals surface area contributed by atoms with Crippen LogP contribution in [0.1, 0.15) is 29.2 Å². The summed E-state index contributed by atoms with van der Waals surface area (Å²) < 4.78 is 55.2. The highest BCUT2D eigenvalue weighted by Crippen LogP contribution is 2.34. The van der Waals surface area contributed by atoms with Gasteiger partial charge in [-0.2, -0.15) is 0 Å². The van der Waals surface area contributed by atoms with Gasteiger partial charge in [-0.1, -0.05) is 18.2 Å². The number of nitrogens with one attached hydrogen (secondary N) is 1. The number of halogens is 4. The zero-order valence-corrected chi connectivity index (χ0v) is 19.6. The van der Waals surface area contributed by atoms with E-state index in [4.69, 9.17) is 5.73 Å². The molecule has 0 saturated heterocycles. The van der Waals surface area contributed by atoms with Gasteiger partial charge in [0.2, 0.25) is 0 Å². The maximum Gasteiger partial charge on any atom is 0.126 e. The van der Waals surface area contributed by atoms with E-state index < -0.39 is 17.5 Å². The van der Waals surface area contributed by atoms with Crippen LogP contribution in [0, 0.1) is 30.2 Å². The lowest BCUT2D eigenvalue weighted by atomic mass is 9.88. The predicted octanol–water partition coefficient (Wildman–Crippen LogP) is 7.54. The lowest BCUT2D eigenvalue weighted by Crippen LogP contribution is -2.09. The van der Waals surface area contributed by atoms with Crippen LogP contribution in [-0.2, 0) is 6.42 Å². The third kappa shape index (κ3) is 6.30. The van der Waals surface area contributed by atoms with Crippen molar-refractivity contribution >= 4 is 11.5 Å². The van der Waals surface area contributed by atoms with E-state index in [1.54, 1.807) is 43.5 Å². The van der Waals surface area contributed by atoms with Crippen molar-refractivity contribution in [1.29, 1.82) is 0 Å². The van der Waals surface area contributed by atoms with Crippen LogP contribution in [0.25, 0.3) is 11.1 Å². The van der Waals surface area contributed by atoms with E-state index in [0.717, 1.165) is 17.3 Å². The van der Waals surface area contributed by atoms with E-state index in [1.165, 1.54) is 36.4 Å². The van der Waals surface area contributed by atoms with Crippen LogP contribution in [-0.4, -0.2) is 4.98 Å². The molecule has 0 aliphatic carbocycles. The number of pyridine rings is 1. The maximum absolute atomic E-state index is 14.0. The Kier molecular flexibility index (Phi) is 7.68. The summed E-state index contributed by atoms with van der Waals surface area (Å²) in [5, 5.41) is 3.13. The van der Waals surface area contributed by atoms with Gasteiger partial charge in [-0.15, -0.1) is 0 Å². The Morgan fingerprint density at radius 1 is 0.861 bits per heavy atom. The Morgan fingerprint density at radius 2 is 1.61 bits per heavy atom. The number of nitrogens with two attached hydrogens (primary N) is 1. The molecule has 1 atom stereocenters. The summed E-state index contributed by atoms with van der Waals surface area (Å²) in [5.41, 5.74) is 9.86. The first-order valence-corrected chi connectivity index (χ1v) is 11.4. The summed E-state index contributed by atoms with van der Waals surface area (Å²) in [6.45, 7) is 1.79. The number of hydrogen-bond donors (Lipinski definition) is 2. The van der Waals surface area contributed by atoms with Crippen molar-refractivity contribution < 1.29 is 17.6 Å². The second kappa shape index (κ2) is 11.1. The molecule has 0 spiro atoms. The van der Waals surface area contributed by atoms with Crippen molar-refractivity contribution in [3.63, 3.8) is 0 Å². The molecule has 0 fully saturated rings. The standard InChI is InChI=1S/C29H25F4N3/c1-18-12-23(31)7-9-27(18)35-11-3-5-21(13-19-14-24(32)17-25(33)15-19)29-26(8-10-28(34)36-29)20-4-2-6-22(30)16-20/h2-4,6-12,14-17,21,35H,5,13H2,1H3,(H2,34,36)/b11-3+. The molecule has 1 unspecified atom stereocenters. The lowest BCUT2D eigenvalue weighted by molar-refractivity contribution is 0.574. The van der Waals surface area contributed by atoms with Gasteiger partial charge < -0.3 is 11.1 Å². The Bertz CT molecular complexity index is 1380. The molecule has 0 aliphatic rings. The molecule has 0 bridgehead atoms. The minimum atomic E-state index is -0.668. The summed E-state index contributed by atoms with van der Waals surface area (Å²) in [4.78, 5) is 4.55. The maximum atomic E-state index is 14.0. The molecule has 4 rings (SSSR count). The molecule has 3 N–H and O–H groups in total. The number of nitrogen functional groups attached to an aromatic ring is 1. The summed E-state index contributed by atoms with van der Waals surface area (Å²) in [6, 6.07) is 17.4. The van der Waals surface area contributed by atoms with Crippen LogP contribution in [0.3, 0.4) is 0 Å². The number of allylic oxidation sites excluding steroid dienone is 1. The SMILES string of the molecule is Cc1cc(F)ccc1N/C=C/CC(Cc1cc(F)cc(F)c1)c1nc(N)ccc1-c1cccc(F)c1. The predicted molar refractivity (Wildman–Crippen MR) is 135 cm³/mol. The van der Waals surface area contributed by atoms with Crippen molar-refractivity contribution in [1.82, 2.24) is 4.98 Å². The highest BCUT2D eigenvalue weighted by Gasteiger charge is 2.20. The normalized spacial score (nSPS) is 12.1. The first-order chi connectivity index (χ1) is 17.3. The van der Waals surface area contributed by atoms with Crippen LogP contribution >= 0.6 is 0 Å². The second-order valence-corrected chi connectivity index (χ2v) is 8.60. The fourth-order valence-electron chi connectivity index (χ4n) is 4.18. The van der Waals surface area contributed by atoms with Gasteiger partial charge >= 0.3 is 0 Å². The monoisotopic (exact) mass is 491 g/mol.